The molecular formula is C11H22N2O2S. The lowest BCUT2D eigenvalue weighted by Crippen LogP contribution is -2.47. The summed E-state index contributed by atoms with van der Waals surface area (Å²) in [5.41, 5.74) is 0. The monoisotopic (exact) mass is 246 g/mol. The Morgan fingerprint density at radius 1 is 1.44 bits per heavy atom. The van der Waals surface area contributed by atoms with Gasteiger partial charge in [0, 0.05) is 42.7 Å². The van der Waals surface area contributed by atoms with E-state index >= 15 is 0 Å². The predicted molar refractivity (Wildman–Crippen MR) is 66.1 cm³/mol. The summed E-state index contributed by atoms with van der Waals surface area (Å²) in [7, 11) is -0.705. The summed E-state index contributed by atoms with van der Waals surface area (Å²) in [5.74, 6) is 2.19. The number of hydrogen-bond acceptors (Lipinski definition) is 4. The summed E-state index contributed by atoms with van der Waals surface area (Å²) < 4.78 is 17.6. The van der Waals surface area contributed by atoms with Crippen LogP contribution in [0.2, 0.25) is 0 Å². The van der Waals surface area contributed by atoms with Gasteiger partial charge < -0.3 is 10.1 Å². The average Bonchev–Trinajstić information content (AvgIpc) is 2.24. The van der Waals surface area contributed by atoms with Gasteiger partial charge in [0.05, 0.1) is 18.5 Å². The van der Waals surface area contributed by atoms with Crippen molar-refractivity contribution in [1.82, 2.24) is 10.2 Å². The fraction of sp³-hybridized carbons (Fsp3) is 1.00. The first-order valence-corrected chi connectivity index (χ1v) is 7.66. The second-order valence-corrected chi connectivity index (χ2v) is 6.23. The van der Waals surface area contributed by atoms with Crippen LogP contribution < -0.4 is 5.32 Å². The van der Waals surface area contributed by atoms with Crippen LogP contribution in [0, 0.1) is 5.92 Å². The van der Waals surface area contributed by atoms with Crippen LogP contribution in [0.4, 0.5) is 0 Å². The summed E-state index contributed by atoms with van der Waals surface area (Å²) in [6.45, 7) is 8.08. The van der Waals surface area contributed by atoms with Gasteiger partial charge in [0.2, 0.25) is 0 Å². The highest BCUT2D eigenvalue weighted by Gasteiger charge is 2.24. The minimum absolute atomic E-state index is 0.183. The Balaban J connectivity index is 1.68. The highest BCUT2D eigenvalue weighted by atomic mass is 32.2. The van der Waals surface area contributed by atoms with E-state index < -0.39 is 10.8 Å². The highest BCUT2D eigenvalue weighted by Crippen LogP contribution is 2.10. The SMILES string of the molecule is CCN1CCOC(CS(=O)CC2CNC2)C1. The third kappa shape index (κ3) is 3.52. The van der Waals surface area contributed by atoms with Crippen LogP contribution in [0.15, 0.2) is 0 Å². The van der Waals surface area contributed by atoms with Crippen molar-refractivity contribution in [2.75, 3.05) is 50.8 Å². The van der Waals surface area contributed by atoms with Gasteiger partial charge >= 0.3 is 0 Å². The van der Waals surface area contributed by atoms with Gasteiger partial charge in [-0.25, -0.2) is 0 Å². The normalized spacial score (nSPS) is 29.9. The van der Waals surface area contributed by atoms with Crippen molar-refractivity contribution in [3.05, 3.63) is 0 Å². The predicted octanol–water partition coefficient (Wildman–Crippen LogP) is -0.325. The molecule has 0 radical (unpaired) electrons. The zero-order chi connectivity index (χ0) is 11.4. The molecule has 0 aromatic heterocycles. The minimum atomic E-state index is -0.705. The third-order valence-corrected chi connectivity index (χ3v) is 4.92. The van der Waals surface area contributed by atoms with E-state index in [9.17, 15) is 4.21 Å². The number of hydrogen-bond donors (Lipinski definition) is 1. The number of nitrogens with zero attached hydrogens (tertiary/aromatic N) is 1. The summed E-state index contributed by atoms with van der Waals surface area (Å²) in [5, 5.41) is 3.21. The van der Waals surface area contributed by atoms with Gasteiger partial charge in [-0.2, -0.15) is 0 Å². The van der Waals surface area contributed by atoms with E-state index in [0.717, 1.165) is 45.1 Å². The van der Waals surface area contributed by atoms with Crippen LogP contribution >= 0.6 is 0 Å². The van der Waals surface area contributed by atoms with Crippen LogP contribution in [0.3, 0.4) is 0 Å². The van der Waals surface area contributed by atoms with Crippen molar-refractivity contribution in [2.24, 2.45) is 5.92 Å². The Morgan fingerprint density at radius 2 is 2.25 bits per heavy atom. The van der Waals surface area contributed by atoms with Crippen LogP contribution in [-0.2, 0) is 15.5 Å². The van der Waals surface area contributed by atoms with E-state index in [1.54, 1.807) is 0 Å². The van der Waals surface area contributed by atoms with E-state index in [-0.39, 0.29) is 6.10 Å². The molecule has 94 valence electrons. The number of likely N-dealkylation sites (N-methyl/N-ethyl adjacent to an activating group) is 1. The maximum Gasteiger partial charge on any atom is 0.0817 e. The fourth-order valence-electron chi connectivity index (χ4n) is 2.17. The quantitative estimate of drug-likeness (QED) is 0.721. The smallest absolute Gasteiger partial charge is 0.0817 e. The Morgan fingerprint density at radius 3 is 2.88 bits per heavy atom. The molecule has 0 aliphatic carbocycles. The van der Waals surface area contributed by atoms with E-state index in [1.807, 2.05) is 0 Å². The lowest BCUT2D eigenvalue weighted by Gasteiger charge is -2.32. The second-order valence-electron chi connectivity index (χ2n) is 4.68. The Bertz CT molecular complexity index is 246. The molecule has 0 spiro atoms. The van der Waals surface area contributed by atoms with Crippen molar-refractivity contribution < 1.29 is 8.95 Å². The zero-order valence-electron chi connectivity index (χ0n) is 9.98. The molecule has 0 saturated carbocycles. The van der Waals surface area contributed by atoms with Gasteiger partial charge in [0.25, 0.3) is 0 Å². The molecule has 2 fully saturated rings. The Labute approximate surface area is 100 Å². The third-order valence-electron chi connectivity index (χ3n) is 3.33. The molecule has 2 heterocycles. The van der Waals surface area contributed by atoms with Crippen LogP contribution in [0.1, 0.15) is 6.92 Å². The lowest BCUT2D eigenvalue weighted by molar-refractivity contribution is -0.0141. The van der Waals surface area contributed by atoms with Crippen LogP contribution in [0.5, 0.6) is 0 Å². The molecule has 2 rings (SSSR count). The summed E-state index contributed by atoms with van der Waals surface area (Å²) in [6.07, 6.45) is 0.183. The molecule has 2 aliphatic rings. The maximum absolute atomic E-state index is 11.9. The minimum Gasteiger partial charge on any atom is -0.375 e. The zero-order valence-corrected chi connectivity index (χ0v) is 10.8. The molecule has 2 saturated heterocycles. The Hall–Kier alpha value is 0.0300. The topological polar surface area (TPSA) is 41.6 Å². The van der Waals surface area contributed by atoms with Crippen LogP contribution in [-0.4, -0.2) is 66.0 Å². The molecule has 16 heavy (non-hydrogen) atoms. The van der Waals surface area contributed by atoms with Crippen molar-refractivity contribution >= 4 is 10.8 Å². The van der Waals surface area contributed by atoms with E-state index in [2.05, 4.69) is 17.1 Å². The number of morpholine rings is 1. The van der Waals surface area contributed by atoms with Gasteiger partial charge in [0.15, 0.2) is 0 Å². The van der Waals surface area contributed by atoms with Crippen molar-refractivity contribution in [1.29, 1.82) is 0 Å². The molecule has 4 nitrogen and oxygen atoms in total. The van der Waals surface area contributed by atoms with Crippen molar-refractivity contribution in [3.63, 3.8) is 0 Å². The van der Waals surface area contributed by atoms with Gasteiger partial charge in [-0.1, -0.05) is 6.92 Å². The van der Waals surface area contributed by atoms with Gasteiger partial charge in [-0.3, -0.25) is 9.11 Å². The van der Waals surface area contributed by atoms with Crippen molar-refractivity contribution in [2.45, 2.75) is 13.0 Å². The molecule has 0 amide bonds. The molecule has 1 N–H and O–H groups in total. The number of rotatable bonds is 5. The number of ether oxygens (including phenoxy) is 1. The summed E-state index contributed by atoms with van der Waals surface area (Å²) in [6, 6.07) is 0. The standard InChI is InChI=1S/C11H22N2O2S/c1-2-13-3-4-15-11(7-13)9-16(14)8-10-5-12-6-10/h10-12H,2-9H2,1H3. The first-order valence-electron chi connectivity index (χ1n) is 6.17. The molecule has 5 heteroatoms. The first-order chi connectivity index (χ1) is 7.78. The van der Waals surface area contributed by atoms with Gasteiger partial charge in [-0.15, -0.1) is 0 Å². The van der Waals surface area contributed by atoms with E-state index in [4.69, 9.17) is 4.74 Å². The van der Waals surface area contributed by atoms with E-state index in [1.165, 1.54) is 0 Å². The molecule has 2 atom stereocenters. The lowest BCUT2D eigenvalue weighted by atomic mass is 10.1. The summed E-state index contributed by atoms with van der Waals surface area (Å²) >= 11 is 0. The summed E-state index contributed by atoms with van der Waals surface area (Å²) in [4.78, 5) is 2.37. The molecule has 2 unspecified atom stereocenters. The van der Waals surface area contributed by atoms with Crippen molar-refractivity contribution in [3.8, 4) is 0 Å². The molecule has 0 bridgehead atoms. The Kier molecular flexibility index (Phi) is 4.76. The second kappa shape index (κ2) is 6.10. The van der Waals surface area contributed by atoms with Gasteiger partial charge in [0.1, 0.15) is 0 Å². The molecule has 0 aromatic carbocycles. The molecule has 0 aromatic rings. The molecular weight excluding hydrogens is 224 g/mol. The number of nitrogens with one attached hydrogen (secondary N) is 1. The van der Waals surface area contributed by atoms with Crippen LogP contribution in [0.25, 0.3) is 0 Å². The van der Waals surface area contributed by atoms with E-state index in [0.29, 0.717) is 11.7 Å². The average molecular weight is 246 g/mol. The fourth-order valence-corrected chi connectivity index (χ4v) is 3.69. The molecule has 2 aliphatic heterocycles. The maximum atomic E-state index is 11.9. The van der Waals surface area contributed by atoms with Gasteiger partial charge in [-0.05, 0) is 12.5 Å². The first kappa shape index (κ1) is 12.5. The largest absolute Gasteiger partial charge is 0.375 e. The highest BCUT2D eigenvalue weighted by molar-refractivity contribution is 7.85.